The second-order valence-corrected chi connectivity index (χ2v) is 6.03. The van der Waals surface area contributed by atoms with Gasteiger partial charge in [-0.05, 0) is 43.0 Å². The summed E-state index contributed by atoms with van der Waals surface area (Å²) in [6.45, 7) is 0.533. The van der Waals surface area contributed by atoms with Gasteiger partial charge in [0.2, 0.25) is 0 Å². The zero-order chi connectivity index (χ0) is 18.8. The number of fused-ring (bicyclic) bond motifs is 1. The van der Waals surface area contributed by atoms with Crippen molar-refractivity contribution in [1.29, 1.82) is 0 Å². The van der Waals surface area contributed by atoms with Gasteiger partial charge in [-0.3, -0.25) is 5.10 Å². The molecule has 0 saturated heterocycles. The zero-order valence-electron chi connectivity index (χ0n) is 14.4. The Hall–Kier alpha value is -3.39. The van der Waals surface area contributed by atoms with E-state index in [0.717, 1.165) is 0 Å². The van der Waals surface area contributed by atoms with E-state index in [4.69, 9.17) is 0 Å². The van der Waals surface area contributed by atoms with Crippen molar-refractivity contribution < 1.29 is 8.78 Å². The molecule has 2 aromatic carbocycles. The predicted molar refractivity (Wildman–Crippen MR) is 99.5 cm³/mol. The van der Waals surface area contributed by atoms with Crippen LogP contribution in [-0.2, 0) is 6.54 Å². The minimum atomic E-state index is -0.438. The summed E-state index contributed by atoms with van der Waals surface area (Å²) in [6.07, 6.45) is 3.44. The summed E-state index contributed by atoms with van der Waals surface area (Å²) < 4.78 is 27.8. The number of aromatic amines is 2. The minimum absolute atomic E-state index is 0.299. The highest BCUT2D eigenvalue weighted by molar-refractivity contribution is 5.92. The Balaban J connectivity index is 1.73. The highest BCUT2D eigenvalue weighted by Crippen LogP contribution is 2.27. The average molecular weight is 366 g/mol. The number of nitrogens with zero attached hydrogens (tertiary/aromatic N) is 3. The van der Waals surface area contributed by atoms with E-state index in [1.165, 1.54) is 18.2 Å². The molecule has 0 radical (unpaired) electrons. The fourth-order valence-corrected chi connectivity index (χ4v) is 2.82. The summed E-state index contributed by atoms with van der Waals surface area (Å²) >= 11 is 0. The van der Waals surface area contributed by atoms with Crippen molar-refractivity contribution in [3.05, 3.63) is 65.1 Å². The van der Waals surface area contributed by atoms with Gasteiger partial charge in [0.05, 0.1) is 12.2 Å². The van der Waals surface area contributed by atoms with Gasteiger partial charge in [0.15, 0.2) is 5.82 Å². The van der Waals surface area contributed by atoms with Gasteiger partial charge in [-0.25, -0.2) is 8.78 Å². The lowest BCUT2D eigenvalue weighted by atomic mass is 10.1. The number of hydrogen-bond donors (Lipinski definition) is 3. The van der Waals surface area contributed by atoms with Crippen LogP contribution in [-0.4, -0.2) is 32.4 Å². The quantitative estimate of drug-likeness (QED) is 0.505. The molecule has 2 aromatic heterocycles. The van der Waals surface area contributed by atoms with Gasteiger partial charge in [0, 0.05) is 10.9 Å². The van der Waals surface area contributed by atoms with Gasteiger partial charge >= 0.3 is 0 Å². The maximum absolute atomic E-state index is 14.5. The topological polar surface area (TPSA) is 82.3 Å². The van der Waals surface area contributed by atoms with Crippen molar-refractivity contribution in [3.8, 4) is 11.4 Å². The van der Waals surface area contributed by atoms with Gasteiger partial charge in [-0.2, -0.15) is 5.10 Å². The van der Waals surface area contributed by atoms with Crippen molar-refractivity contribution in [2.75, 3.05) is 7.05 Å². The Kier molecular flexibility index (Phi) is 4.47. The van der Waals surface area contributed by atoms with Crippen LogP contribution >= 0.6 is 0 Å². The molecule has 136 valence electrons. The second-order valence-electron chi connectivity index (χ2n) is 6.03. The number of halogens is 2. The normalized spacial score (nSPS) is 11.7. The maximum Gasteiger partial charge on any atom is 0.161 e. The van der Waals surface area contributed by atoms with E-state index >= 15 is 0 Å². The lowest BCUT2D eigenvalue weighted by Gasteiger charge is -1.99. The smallest absolute Gasteiger partial charge is 0.161 e. The van der Waals surface area contributed by atoms with Crippen molar-refractivity contribution >= 4 is 23.1 Å². The van der Waals surface area contributed by atoms with Crippen LogP contribution in [0, 0.1) is 11.6 Å². The molecule has 4 aromatic rings. The van der Waals surface area contributed by atoms with E-state index in [9.17, 15) is 8.78 Å². The molecule has 6 nitrogen and oxygen atoms in total. The fraction of sp³-hybridized carbons (Fsp3) is 0.105. The average Bonchev–Trinajstić information content (AvgIpc) is 3.28. The Bertz CT molecular complexity index is 1130. The minimum Gasteiger partial charge on any atom is -0.324 e. The van der Waals surface area contributed by atoms with Crippen LogP contribution in [0.2, 0.25) is 0 Å². The third-order valence-electron chi connectivity index (χ3n) is 4.09. The van der Waals surface area contributed by atoms with Crippen LogP contribution in [0.4, 0.5) is 8.78 Å². The van der Waals surface area contributed by atoms with Gasteiger partial charge < -0.3 is 10.3 Å². The third kappa shape index (κ3) is 3.47. The molecule has 0 atom stereocenters. The molecule has 2 heterocycles. The SMILES string of the molecule is CNCc1nnc(-c2cc(F)c3[nH]nc(C=Cc4cccc(F)c4)c3c2)[nH]1. The first-order valence-electron chi connectivity index (χ1n) is 8.32. The molecule has 0 spiro atoms. The molecule has 0 aliphatic carbocycles. The standard InChI is InChI=1S/C19H16F2N6/c1-22-10-17-23-19(27-25-17)12-8-14-16(24-26-18(14)15(21)9-12)6-5-11-3-2-4-13(20)7-11/h2-9,22H,10H2,1H3,(H,24,26)(H,23,25,27). The molecule has 0 unspecified atom stereocenters. The number of nitrogens with one attached hydrogen (secondary N) is 3. The highest BCUT2D eigenvalue weighted by Gasteiger charge is 2.13. The predicted octanol–water partition coefficient (Wildman–Crippen LogP) is 3.52. The number of rotatable bonds is 5. The lowest BCUT2D eigenvalue weighted by Crippen LogP contribution is -2.06. The van der Waals surface area contributed by atoms with Crippen molar-refractivity contribution in [3.63, 3.8) is 0 Å². The first-order valence-corrected chi connectivity index (χ1v) is 8.32. The van der Waals surface area contributed by atoms with E-state index in [0.29, 0.717) is 45.9 Å². The fourth-order valence-electron chi connectivity index (χ4n) is 2.82. The Morgan fingerprint density at radius 3 is 2.81 bits per heavy atom. The van der Waals surface area contributed by atoms with Gasteiger partial charge in [0.25, 0.3) is 0 Å². The maximum atomic E-state index is 14.5. The molecule has 8 heteroatoms. The zero-order valence-corrected chi connectivity index (χ0v) is 14.4. The number of aromatic nitrogens is 5. The van der Waals surface area contributed by atoms with Crippen LogP contribution in [0.5, 0.6) is 0 Å². The van der Waals surface area contributed by atoms with Crippen molar-refractivity contribution in [1.82, 2.24) is 30.7 Å². The molecule has 4 rings (SSSR count). The molecule has 0 amide bonds. The summed E-state index contributed by atoms with van der Waals surface area (Å²) in [4.78, 5) is 3.06. The molecule has 0 fully saturated rings. The molecule has 0 aliphatic rings. The monoisotopic (exact) mass is 366 g/mol. The van der Waals surface area contributed by atoms with E-state index in [-0.39, 0.29) is 5.82 Å². The molecule has 0 aliphatic heterocycles. The first kappa shape index (κ1) is 17.0. The molecule has 0 saturated carbocycles. The Labute approximate surface area is 153 Å². The van der Waals surface area contributed by atoms with Crippen LogP contribution in [0.25, 0.3) is 34.4 Å². The Morgan fingerprint density at radius 1 is 1.11 bits per heavy atom. The van der Waals surface area contributed by atoms with E-state index in [2.05, 4.69) is 30.7 Å². The van der Waals surface area contributed by atoms with Gasteiger partial charge in [-0.1, -0.05) is 18.2 Å². The van der Waals surface area contributed by atoms with Crippen molar-refractivity contribution in [2.45, 2.75) is 6.54 Å². The molecular weight excluding hydrogens is 350 g/mol. The third-order valence-corrected chi connectivity index (χ3v) is 4.09. The van der Waals surface area contributed by atoms with E-state index < -0.39 is 5.82 Å². The summed E-state index contributed by atoms with van der Waals surface area (Å²) in [5.41, 5.74) is 2.10. The summed E-state index contributed by atoms with van der Waals surface area (Å²) in [7, 11) is 1.80. The highest BCUT2D eigenvalue weighted by atomic mass is 19.1. The van der Waals surface area contributed by atoms with Gasteiger partial charge in [-0.15, -0.1) is 10.2 Å². The number of hydrogen-bond acceptors (Lipinski definition) is 4. The van der Waals surface area contributed by atoms with Gasteiger partial charge in [0.1, 0.15) is 23.0 Å². The first-order chi connectivity index (χ1) is 13.1. The second kappa shape index (κ2) is 7.08. The Morgan fingerprint density at radius 2 is 2.00 bits per heavy atom. The number of benzene rings is 2. The van der Waals surface area contributed by atoms with Crippen LogP contribution < -0.4 is 5.32 Å². The molecule has 3 N–H and O–H groups in total. The largest absolute Gasteiger partial charge is 0.324 e. The summed E-state index contributed by atoms with van der Waals surface area (Å²) in [5.74, 6) is 0.376. The summed E-state index contributed by atoms with van der Waals surface area (Å²) in [5, 5.41) is 18.5. The van der Waals surface area contributed by atoms with Crippen molar-refractivity contribution in [2.24, 2.45) is 0 Å². The van der Waals surface area contributed by atoms with Crippen LogP contribution in [0.15, 0.2) is 36.4 Å². The van der Waals surface area contributed by atoms with Crippen LogP contribution in [0.3, 0.4) is 0 Å². The van der Waals surface area contributed by atoms with Crippen LogP contribution in [0.1, 0.15) is 17.1 Å². The lowest BCUT2D eigenvalue weighted by molar-refractivity contribution is 0.627. The summed E-state index contributed by atoms with van der Waals surface area (Å²) in [6, 6.07) is 9.36. The molecule has 27 heavy (non-hydrogen) atoms. The molecular formula is C19H16F2N6. The van der Waals surface area contributed by atoms with E-state index in [1.54, 1.807) is 37.4 Å². The number of H-pyrrole nitrogens is 2. The molecule has 0 bridgehead atoms. The van der Waals surface area contributed by atoms with E-state index in [1.807, 2.05) is 0 Å².